The molecule has 0 spiro atoms. The highest BCUT2D eigenvalue weighted by molar-refractivity contribution is 5.92. The van der Waals surface area contributed by atoms with Crippen LogP contribution in [0.15, 0.2) is 36.5 Å². The summed E-state index contributed by atoms with van der Waals surface area (Å²) in [6.45, 7) is 2.42. The second kappa shape index (κ2) is 8.61. The van der Waals surface area contributed by atoms with Crippen LogP contribution in [0, 0.1) is 0 Å². The third kappa shape index (κ3) is 5.04. The normalized spacial score (nSPS) is 9.96. The summed E-state index contributed by atoms with van der Waals surface area (Å²) in [6.07, 6.45) is 1.50. The molecule has 0 aliphatic carbocycles. The molecule has 1 N–H and O–H groups in total. The van der Waals surface area contributed by atoms with Crippen LogP contribution in [0.3, 0.4) is 0 Å². The maximum atomic E-state index is 12.2. The summed E-state index contributed by atoms with van der Waals surface area (Å²) in [5, 5.41) is 2.66. The van der Waals surface area contributed by atoms with Crippen LogP contribution >= 0.6 is 0 Å². The quantitative estimate of drug-likeness (QED) is 0.621. The number of hydrogen-bond acceptors (Lipinski definition) is 7. The van der Waals surface area contributed by atoms with Gasteiger partial charge in [-0.1, -0.05) is 6.07 Å². The molecular weight excluding hydrogens is 340 g/mol. The number of amides is 1. The number of nitrogens with zero attached hydrogens (tertiary/aromatic N) is 1. The zero-order valence-electron chi connectivity index (χ0n) is 14.6. The number of methoxy groups -OCH3 is 1. The molecule has 1 heterocycles. The minimum absolute atomic E-state index is 0.0510. The van der Waals surface area contributed by atoms with Crippen molar-refractivity contribution in [2.45, 2.75) is 20.4 Å². The van der Waals surface area contributed by atoms with E-state index in [0.717, 1.165) is 0 Å². The van der Waals surface area contributed by atoms with E-state index in [4.69, 9.17) is 14.2 Å². The Kier molecular flexibility index (Phi) is 6.26. The van der Waals surface area contributed by atoms with Gasteiger partial charge in [-0.2, -0.15) is 0 Å². The number of aromatic nitrogens is 1. The van der Waals surface area contributed by atoms with Crippen LogP contribution in [-0.2, 0) is 16.1 Å². The van der Waals surface area contributed by atoms with Crippen LogP contribution in [-0.4, -0.2) is 29.9 Å². The lowest BCUT2D eigenvalue weighted by Gasteiger charge is -2.16. The zero-order chi connectivity index (χ0) is 19.1. The van der Waals surface area contributed by atoms with E-state index < -0.39 is 17.8 Å². The van der Waals surface area contributed by atoms with Crippen molar-refractivity contribution in [3.8, 4) is 17.2 Å². The van der Waals surface area contributed by atoms with Gasteiger partial charge in [0.25, 0.3) is 5.91 Å². The van der Waals surface area contributed by atoms with Crippen molar-refractivity contribution >= 4 is 17.8 Å². The number of rotatable bonds is 6. The molecule has 1 aromatic heterocycles. The van der Waals surface area contributed by atoms with E-state index in [0.29, 0.717) is 11.3 Å². The van der Waals surface area contributed by atoms with Crippen molar-refractivity contribution in [1.82, 2.24) is 10.3 Å². The minimum Gasteiger partial charge on any atom is -0.496 e. The van der Waals surface area contributed by atoms with Crippen molar-refractivity contribution in [3.63, 3.8) is 0 Å². The molecule has 2 rings (SSSR count). The smallest absolute Gasteiger partial charge is 0.308 e. The van der Waals surface area contributed by atoms with Gasteiger partial charge in [-0.25, -0.2) is 0 Å². The van der Waals surface area contributed by atoms with Gasteiger partial charge in [0.2, 0.25) is 0 Å². The van der Waals surface area contributed by atoms with Crippen molar-refractivity contribution in [2.24, 2.45) is 0 Å². The van der Waals surface area contributed by atoms with Crippen LogP contribution < -0.4 is 19.5 Å². The molecule has 136 valence electrons. The molecule has 0 radical (unpaired) electrons. The van der Waals surface area contributed by atoms with E-state index in [-0.39, 0.29) is 23.7 Å². The number of nitrogens with one attached hydrogen (secondary N) is 1. The number of benzene rings is 1. The molecule has 0 fully saturated rings. The van der Waals surface area contributed by atoms with Crippen molar-refractivity contribution < 1.29 is 28.6 Å². The number of carbonyl (C=O) groups excluding carboxylic acids is 3. The lowest BCUT2D eigenvalue weighted by Crippen LogP contribution is -2.24. The van der Waals surface area contributed by atoms with Crippen LogP contribution in [0.25, 0.3) is 0 Å². The Balaban J connectivity index is 2.34. The third-order valence-corrected chi connectivity index (χ3v) is 3.21. The highest BCUT2D eigenvalue weighted by Gasteiger charge is 2.18. The van der Waals surface area contributed by atoms with Crippen molar-refractivity contribution in [2.75, 3.05) is 7.11 Å². The molecular formula is C18H18N2O6. The molecule has 1 amide bonds. The Morgan fingerprint density at radius 1 is 1.04 bits per heavy atom. The predicted molar refractivity (Wildman–Crippen MR) is 91.0 cm³/mol. The monoisotopic (exact) mass is 358 g/mol. The number of carbonyl (C=O) groups is 3. The van der Waals surface area contributed by atoms with E-state index in [1.54, 1.807) is 18.2 Å². The topological polar surface area (TPSA) is 104 Å². The first-order valence-electron chi connectivity index (χ1n) is 7.67. The standard InChI is InChI=1S/C18H18N2O6/c1-11(21)25-16-8-13(24-3)9-17(26-12(2)22)14(16)10-20-18(23)15-6-4-5-7-19-15/h4-9H,10H2,1-3H3,(H,20,23). The largest absolute Gasteiger partial charge is 0.496 e. The van der Waals surface area contributed by atoms with Crippen LogP contribution in [0.2, 0.25) is 0 Å². The molecule has 0 unspecified atom stereocenters. The Morgan fingerprint density at radius 2 is 1.65 bits per heavy atom. The average molecular weight is 358 g/mol. The highest BCUT2D eigenvalue weighted by atomic mass is 16.5. The van der Waals surface area contributed by atoms with Gasteiger partial charge < -0.3 is 19.5 Å². The summed E-state index contributed by atoms with van der Waals surface area (Å²) in [5.41, 5.74) is 0.546. The number of hydrogen-bond donors (Lipinski definition) is 1. The molecule has 0 saturated carbocycles. The first-order valence-corrected chi connectivity index (χ1v) is 7.67. The van der Waals surface area contributed by atoms with Gasteiger partial charge in [0.1, 0.15) is 22.9 Å². The fourth-order valence-electron chi connectivity index (χ4n) is 2.14. The third-order valence-electron chi connectivity index (χ3n) is 3.21. The molecule has 0 bridgehead atoms. The fraction of sp³-hybridized carbons (Fsp3) is 0.222. The summed E-state index contributed by atoms with van der Waals surface area (Å²) in [4.78, 5) is 38.9. The number of pyridine rings is 1. The Morgan fingerprint density at radius 3 is 2.12 bits per heavy atom. The summed E-state index contributed by atoms with van der Waals surface area (Å²) in [5.74, 6) is -0.987. The van der Waals surface area contributed by atoms with Gasteiger partial charge in [0.15, 0.2) is 0 Å². The first-order chi connectivity index (χ1) is 12.4. The Hall–Kier alpha value is -3.42. The Labute approximate surface area is 150 Å². The van der Waals surface area contributed by atoms with Gasteiger partial charge in [-0.3, -0.25) is 19.4 Å². The molecule has 0 atom stereocenters. The molecule has 0 aliphatic rings. The van der Waals surface area contributed by atoms with E-state index in [2.05, 4.69) is 10.3 Å². The molecule has 26 heavy (non-hydrogen) atoms. The van der Waals surface area contributed by atoms with Crippen LogP contribution in [0.5, 0.6) is 17.2 Å². The molecule has 8 heteroatoms. The van der Waals surface area contributed by atoms with E-state index >= 15 is 0 Å². The first kappa shape index (κ1) is 18.9. The molecule has 1 aromatic carbocycles. The summed E-state index contributed by atoms with van der Waals surface area (Å²) in [6, 6.07) is 7.87. The lowest BCUT2D eigenvalue weighted by molar-refractivity contribution is -0.132. The van der Waals surface area contributed by atoms with E-state index in [9.17, 15) is 14.4 Å². The summed E-state index contributed by atoms with van der Waals surface area (Å²) in [7, 11) is 1.42. The van der Waals surface area contributed by atoms with Crippen molar-refractivity contribution in [1.29, 1.82) is 0 Å². The maximum absolute atomic E-state index is 12.2. The summed E-state index contributed by atoms with van der Waals surface area (Å²) >= 11 is 0. The molecule has 8 nitrogen and oxygen atoms in total. The van der Waals surface area contributed by atoms with Gasteiger partial charge in [0.05, 0.1) is 19.2 Å². The minimum atomic E-state index is -0.565. The predicted octanol–water partition coefficient (Wildman–Crippen LogP) is 1.87. The summed E-state index contributed by atoms with van der Waals surface area (Å²) < 4.78 is 15.5. The molecule has 2 aromatic rings. The van der Waals surface area contributed by atoms with Crippen LogP contribution in [0.4, 0.5) is 0 Å². The fourth-order valence-corrected chi connectivity index (χ4v) is 2.14. The average Bonchev–Trinajstić information content (AvgIpc) is 2.60. The van der Waals surface area contributed by atoms with E-state index in [1.165, 1.54) is 39.3 Å². The Bertz CT molecular complexity index is 783. The van der Waals surface area contributed by atoms with Gasteiger partial charge >= 0.3 is 11.9 Å². The van der Waals surface area contributed by atoms with Gasteiger partial charge in [0, 0.05) is 32.2 Å². The van der Waals surface area contributed by atoms with Crippen molar-refractivity contribution in [3.05, 3.63) is 47.8 Å². The van der Waals surface area contributed by atoms with E-state index in [1.807, 2.05) is 0 Å². The highest BCUT2D eigenvalue weighted by Crippen LogP contribution is 2.34. The number of esters is 2. The maximum Gasteiger partial charge on any atom is 0.308 e. The lowest BCUT2D eigenvalue weighted by atomic mass is 10.1. The SMILES string of the molecule is COc1cc(OC(C)=O)c(CNC(=O)c2ccccn2)c(OC(C)=O)c1. The number of ether oxygens (including phenoxy) is 3. The second-order valence-electron chi connectivity index (χ2n) is 5.19. The van der Waals surface area contributed by atoms with Gasteiger partial charge in [-0.15, -0.1) is 0 Å². The molecule has 0 aliphatic heterocycles. The van der Waals surface area contributed by atoms with Gasteiger partial charge in [-0.05, 0) is 12.1 Å². The molecule has 0 saturated heterocycles. The second-order valence-corrected chi connectivity index (χ2v) is 5.19. The van der Waals surface area contributed by atoms with Crippen LogP contribution in [0.1, 0.15) is 29.9 Å². The zero-order valence-corrected chi connectivity index (χ0v) is 14.6.